The molecule has 0 aromatic heterocycles. The van der Waals surface area contributed by atoms with Crippen molar-refractivity contribution >= 4 is 12.4 Å². The van der Waals surface area contributed by atoms with Gasteiger partial charge in [0.05, 0.1) is 0 Å². The highest BCUT2D eigenvalue weighted by molar-refractivity contribution is 5.83. The maximum absolute atomic E-state index is 12.1. The van der Waals surface area contributed by atoms with Gasteiger partial charge < -0.3 is 14.7 Å². The fourth-order valence-electron chi connectivity index (χ4n) is 2.25. The van der Waals surface area contributed by atoms with Crippen molar-refractivity contribution in [3.05, 3.63) is 29.8 Å². The van der Waals surface area contributed by atoms with Crippen LogP contribution >= 0.6 is 0 Å². The minimum absolute atomic E-state index is 0.0643. The van der Waals surface area contributed by atoms with E-state index in [1.54, 1.807) is 0 Å². The molecule has 1 aromatic rings. The molecule has 0 saturated heterocycles. The molecule has 7 heteroatoms. The third-order valence-corrected chi connectivity index (χ3v) is 3.63. The van der Waals surface area contributed by atoms with Crippen molar-refractivity contribution in [2.24, 2.45) is 0 Å². The van der Waals surface area contributed by atoms with Gasteiger partial charge in [-0.15, -0.1) is 0 Å². The number of halogens is 2. The Labute approximate surface area is 120 Å². The van der Waals surface area contributed by atoms with Gasteiger partial charge in [-0.2, -0.15) is 8.78 Å². The molecule has 1 saturated carbocycles. The van der Waals surface area contributed by atoms with Crippen LogP contribution in [0.4, 0.5) is 8.78 Å². The average molecular weight is 299 g/mol. The number of nitrogens with zero attached hydrogens (tertiary/aromatic N) is 1. The van der Waals surface area contributed by atoms with E-state index >= 15 is 0 Å². The molecular formula is C14H15F2NO4. The van der Waals surface area contributed by atoms with Crippen LogP contribution in [0.15, 0.2) is 24.3 Å². The first-order valence-electron chi connectivity index (χ1n) is 6.42. The summed E-state index contributed by atoms with van der Waals surface area (Å²) in [7, 11) is 0. The predicted molar refractivity (Wildman–Crippen MR) is 69.0 cm³/mol. The largest absolute Gasteiger partial charge is 0.479 e. The number of aliphatic carboxylic acids is 1. The van der Waals surface area contributed by atoms with E-state index < -0.39 is 18.1 Å². The molecule has 1 aromatic carbocycles. The third kappa shape index (κ3) is 2.96. The highest BCUT2D eigenvalue weighted by Gasteiger charge is 2.47. The van der Waals surface area contributed by atoms with Crippen LogP contribution in [0.1, 0.15) is 25.3 Å². The molecule has 5 nitrogen and oxygen atoms in total. The van der Waals surface area contributed by atoms with E-state index in [0.29, 0.717) is 12.0 Å². The van der Waals surface area contributed by atoms with Crippen LogP contribution in [0, 0.1) is 0 Å². The van der Waals surface area contributed by atoms with Crippen LogP contribution < -0.4 is 4.74 Å². The molecule has 21 heavy (non-hydrogen) atoms. The number of hydrogen-bond acceptors (Lipinski definition) is 3. The summed E-state index contributed by atoms with van der Waals surface area (Å²) in [5.41, 5.74) is -1.21. The standard InChI is InChI=1S/C14H15F2NO4/c1-14(12(19)20,17(8-18)10-4-5-10)9-2-6-11(7-3-9)21-13(15)16/h2-3,6-8,10,13H,4-5H2,1H3,(H,19,20). The van der Waals surface area contributed by atoms with Crippen molar-refractivity contribution in [2.45, 2.75) is 38.0 Å². The highest BCUT2D eigenvalue weighted by atomic mass is 19.3. The predicted octanol–water partition coefficient (Wildman–Crippen LogP) is 2.21. The van der Waals surface area contributed by atoms with Gasteiger partial charge in [0.1, 0.15) is 5.75 Å². The van der Waals surface area contributed by atoms with Crippen molar-refractivity contribution < 1.29 is 28.2 Å². The summed E-state index contributed by atoms with van der Waals surface area (Å²) >= 11 is 0. The molecule has 114 valence electrons. The Morgan fingerprint density at radius 2 is 2.00 bits per heavy atom. The SMILES string of the molecule is CC(C(=O)O)(c1ccc(OC(F)F)cc1)N(C=O)C1CC1. The second-order valence-electron chi connectivity index (χ2n) is 5.02. The lowest BCUT2D eigenvalue weighted by atomic mass is 9.90. The molecular weight excluding hydrogens is 284 g/mol. The van der Waals surface area contributed by atoms with Crippen LogP contribution in [-0.4, -0.2) is 35.0 Å². The van der Waals surface area contributed by atoms with Gasteiger partial charge in [-0.25, -0.2) is 4.79 Å². The normalized spacial score (nSPS) is 17.1. The van der Waals surface area contributed by atoms with Crippen molar-refractivity contribution in [1.29, 1.82) is 0 Å². The number of amides is 1. The first-order chi connectivity index (χ1) is 9.89. The highest BCUT2D eigenvalue weighted by Crippen LogP contribution is 2.38. The molecule has 1 fully saturated rings. The van der Waals surface area contributed by atoms with E-state index in [4.69, 9.17) is 0 Å². The van der Waals surface area contributed by atoms with Crippen LogP contribution in [0.2, 0.25) is 0 Å². The molecule has 0 aliphatic heterocycles. The maximum Gasteiger partial charge on any atom is 0.387 e. The van der Waals surface area contributed by atoms with Crippen LogP contribution in [0.25, 0.3) is 0 Å². The molecule has 1 aliphatic rings. The Kier molecular flexibility index (Phi) is 4.11. The lowest BCUT2D eigenvalue weighted by Crippen LogP contribution is -2.50. The van der Waals surface area contributed by atoms with E-state index in [2.05, 4.69) is 4.74 Å². The van der Waals surface area contributed by atoms with E-state index in [0.717, 1.165) is 12.8 Å². The summed E-state index contributed by atoms with van der Waals surface area (Å²) in [5.74, 6) is -1.24. The Morgan fingerprint density at radius 1 is 1.43 bits per heavy atom. The summed E-state index contributed by atoms with van der Waals surface area (Å²) in [6, 6.07) is 5.19. The minimum Gasteiger partial charge on any atom is -0.479 e. The average Bonchev–Trinajstić information content (AvgIpc) is 3.23. The van der Waals surface area contributed by atoms with E-state index in [1.165, 1.54) is 36.1 Å². The third-order valence-electron chi connectivity index (χ3n) is 3.63. The molecule has 0 bridgehead atoms. The molecule has 0 radical (unpaired) electrons. The summed E-state index contributed by atoms with van der Waals surface area (Å²) in [5, 5.41) is 9.53. The minimum atomic E-state index is -2.94. The van der Waals surface area contributed by atoms with Crippen molar-refractivity contribution in [3.8, 4) is 5.75 Å². The smallest absolute Gasteiger partial charge is 0.387 e. The number of ether oxygens (including phenoxy) is 1. The molecule has 1 aliphatic carbocycles. The van der Waals surface area contributed by atoms with Gasteiger partial charge in [0, 0.05) is 6.04 Å². The number of carbonyl (C=O) groups excluding carboxylic acids is 1. The van der Waals surface area contributed by atoms with Gasteiger partial charge >= 0.3 is 12.6 Å². The molecule has 0 spiro atoms. The second kappa shape index (κ2) is 5.67. The maximum atomic E-state index is 12.1. The Morgan fingerprint density at radius 3 is 2.38 bits per heavy atom. The van der Waals surface area contributed by atoms with E-state index in [9.17, 15) is 23.5 Å². The van der Waals surface area contributed by atoms with Gasteiger partial charge in [-0.1, -0.05) is 12.1 Å². The van der Waals surface area contributed by atoms with Gasteiger partial charge in [0.25, 0.3) is 0 Å². The molecule has 1 N–H and O–H groups in total. The van der Waals surface area contributed by atoms with Crippen LogP contribution in [0.5, 0.6) is 5.75 Å². The zero-order valence-electron chi connectivity index (χ0n) is 11.3. The summed E-state index contributed by atoms with van der Waals surface area (Å²) in [4.78, 5) is 24.2. The fourth-order valence-corrected chi connectivity index (χ4v) is 2.25. The monoisotopic (exact) mass is 299 g/mol. The van der Waals surface area contributed by atoms with E-state index in [1.807, 2.05) is 0 Å². The molecule has 1 amide bonds. The summed E-state index contributed by atoms with van der Waals surface area (Å²) in [6.45, 7) is -1.52. The molecule has 0 heterocycles. The molecule has 2 rings (SSSR count). The van der Waals surface area contributed by atoms with Gasteiger partial charge in [0.15, 0.2) is 5.54 Å². The molecule has 1 atom stereocenters. The van der Waals surface area contributed by atoms with Crippen molar-refractivity contribution in [1.82, 2.24) is 4.90 Å². The Hall–Kier alpha value is -2.18. The number of hydrogen-bond donors (Lipinski definition) is 1. The van der Waals surface area contributed by atoms with Gasteiger partial charge in [0.2, 0.25) is 6.41 Å². The van der Waals surface area contributed by atoms with Crippen molar-refractivity contribution in [3.63, 3.8) is 0 Å². The number of alkyl halides is 2. The zero-order valence-corrected chi connectivity index (χ0v) is 11.3. The van der Waals surface area contributed by atoms with E-state index in [-0.39, 0.29) is 11.8 Å². The zero-order chi connectivity index (χ0) is 15.6. The number of carboxylic acid groups (broad SMARTS) is 1. The van der Waals surface area contributed by atoms with Gasteiger partial charge in [-0.3, -0.25) is 4.79 Å². The lowest BCUT2D eigenvalue weighted by Gasteiger charge is -2.35. The first-order valence-corrected chi connectivity index (χ1v) is 6.42. The number of benzene rings is 1. The second-order valence-corrected chi connectivity index (χ2v) is 5.02. The topological polar surface area (TPSA) is 66.8 Å². The fraction of sp³-hybridized carbons (Fsp3) is 0.429. The summed E-state index contributed by atoms with van der Waals surface area (Å²) < 4.78 is 28.4. The Balaban J connectivity index is 2.33. The number of carboxylic acids is 1. The quantitative estimate of drug-likeness (QED) is 0.784. The first kappa shape index (κ1) is 15.2. The number of rotatable bonds is 7. The van der Waals surface area contributed by atoms with Crippen LogP contribution in [-0.2, 0) is 15.1 Å². The van der Waals surface area contributed by atoms with Crippen LogP contribution in [0.3, 0.4) is 0 Å². The number of carbonyl (C=O) groups is 2. The van der Waals surface area contributed by atoms with Crippen molar-refractivity contribution in [2.75, 3.05) is 0 Å². The summed E-state index contributed by atoms with van der Waals surface area (Å²) in [6.07, 6.45) is 2.04. The molecule has 1 unspecified atom stereocenters. The van der Waals surface area contributed by atoms with Gasteiger partial charge in [-0.05, 0) is 37.5 Å². The Bertz CT molecular complexity index is 530. The lowest BCUT2D eigenvalue weighted by molar-refractivity contribution is -0.155.